The van der Waals surface area contributed by atoms with Crippen LogP contribution in [0, 0.1) is 17.1 Å². The normalized spacial score (nSPS) is 14.5. The fraction of sp³-hybridized carbons (Fsp3) is 0.364. The molecular formula is C11H11BrFN. The number of nitriles is 1. The summed E-state index contributed by atoms with van der Waals surface area (Å²) in [5.41, 5.74) is -0.268. The van der Waals surface area contributed by atoms with Crippen LogP contribution in [0.2, 0.25) is 0 Å². The highest BCUT2D eigenvalue weighted by Crippen LogP contribution is 2.30. The van der Waals surface area contributed by atoms with Gasteiger partial charge in [0.25, 0.3) is 0 Å². The van der Waals surface area contributed by atoms with Crippen LogP contribution in [-0.2, 0) is 5.41 Å². The van der Waals surface area contributed by atoms with Gasteiger partial charge in [0.15, 0.2) is 0 Å². The number of halogens is 2. The molecule has 1 aromatic rings. The Hall–Kier alpha value is -0.880. The Morgan fingerprint density at radius 1 is 1.57 bits per heavy atom. The standard InChI is InChI=1S/C11H11BrFN/c1-3-11(2,7-14)9-5-4-8(12)6-10(9)13/h4-6H,3H2,1-2H3. The molecule has 14 heavy (non-hydrogen) atoms. The van der Waals surface area contributed by atoms with Crippen molar-refractivity contribution in [3.05, 3.63) is 34.1 Å². The van der Waals surface area contributed by atoms with E-state index in [-0.39, 0.29) is 5.82 Å². The Balaban J connectivity index is 3.26. The molecule has 0 radical (unpaired) electrons. The largest absolute Gasteiger partial charge is 0.207 e. The molecule has 3 heteroatoms. The summed E-state index contributed by atoms with van der Waals surface area (Å²) < 4.78 is 14.2. The monoisotopic (exact) mass is 255 g/mol. The molecule has 0 bridgehead atoms. The first-order chi connectivity index (χ1) is 6.53. The predicted octanol–water partition coefficient (Wildman–Crippen LogP) is 3.78. The molecule has 0 amide bonds. The Labute approximate surface area is 91.7 Å². The summed E-state index contributed by atoms with van der Waals surface area (Å²) in [6.07, 6.45) is 0.599. The molecule has 1 aromatic carbocycles. The van der Waals surface area contributed by atoms with Crippen molar-refractivity contribution < 1.29 is 4.39 Å². The molecule has 0 aliphatic rings. The Kier molecular flexibility index (Phi) is 3.28. The van der Waals surface area contributed by atoms with Gasteiger partial charge in [-0.15, -0.1) is 0 Å². The van der Waals surface area contributed by atoms with Gasteiger partial charge in [-0.25, -0.2) is 4.39 Å². The lowest BCUT2D eigenvalue weighted by molar-refractivity contribution is 0.524. The number of hydrogen-bond acceptors (Lipinski definition) is 1. The molecule has 74 valence electrons. The van der Waals surface area contributed by atoms with Crippen LogP contribution in [0.5, 0.6) is 0 Å². The first-order valence-electron chi connectivity index (χ1n) is 4.40. The molecule has 0 spiro atoms. The quantitative estimate of drug-likeness (QED) is 0.789. The van der Waals surface area contributed by atoms with Crippen molar-refractivity contribution in [2.24, 2.45) is 0 Å². The van der Waals surface area contributed by atoms with Crippen LogP contribution in [0.15, 0.2) is 22.7 Å². The lowest BCUT2D eigenvalue weighted by Gasteiger charge is -2.20. The maximum atomic E-state index is 13.5. The van der Waals surface area contributed by atoms with Gasteiger partial charge in [-0.2, -0.15) is 5.26 Å². The Bertz CT molecular complexity index is 383. The van der Waals surface area contributed by atoms with Crippen molar-refractivity contribution >= 4 is 15.9 Å². The molecule has 0 aliphatic carbocycles. The van der Waals surface area contributed by atoms with Gasteiger partial charge in [-0.1, -0.05) is 28.9 Å². The molecule has 1 atom stereocenters. The van der Waals surface area contributed by atoms with Crippen LogP contribution in [0.3, 0.4) is 0 Å². The van der Waals surface area contributed by atoms with E-state index in [1.807, 2.05) is 6.92 Å². The summed E-state index contributed by atoms with van der Waals surface area (Å²) in [6.45, 7) is 3.63. The third kappa shape index (κ3) is 1.96. The summed E-state index contributed by atoms with van der Waals surface area (Å²) >= 11 is 3.18. The maximum absolute atomic E-state index is 13.5. The molecular weight excluding hydrogens is 245 g/mol. The summed E-state index contributed by atoms with van der Waals surface area (Å²) in [5.74, 6) is -0.328. The summed E-state index contributed by atoms with van der Waals surface area (Å²) in [7, 11) is 0. The zero-order chi connectivity index (χ0) is 10.8. The third-order valence-electron chi connectivity index (χ3n) is 2.48. The molecule has 0 aromatic heterocycles. The van der Waals surface area contributed by atoms with Crippen LogP contribution in [0.25, 0.3) is 0 Å². The fourth-order valence-corrected chi connectivity index (χ4v) is 1.60. The van der Waals surface area contributed by atoms with E-state index in [9.17, 15) is 4.39 Å². The third-order valence-corrected chi connectivity index (χ3v) is 2.97. The maximum Gasteiger partial charge on any atom is 0.129 e. The number of hydrogen-bond donors (Lipinski definition) is 0. The van der Waals surface area contributed by atoms with Crippen molar-refractivity contribution in [1.29, 1.82) is 5.26 Å². The molecule has 0 fully saturated rings. The van der Waals surface area contributed by atoms with Gasteiger partial charge in [-0.05, 0) is 25.5 Å². The minimum Gasteiger partial charge on any atom is -0.207 e. The molecule has 0 saturated carbocycles. The second-order valence-corrected chi connectivity index (χ2v) is 4.34. The van der Waals surface area contributed by atoms with Gasteiger partial charge in [0.05, 0.1) is 11.5 Å². The highest BCUT2D eigenvalue weighted by Gasteiger charge is 2.27. The van der Waals surface area contributed by atoms with Crippen LogP contribution in [0.1, 0.15) is 25.8 Å². The van der Waals surface area contributed by atoms with Crippen LogP contribution >= 0.6 is 15.9 Å². The van der Waals surface area contributed by atoms with Gasteiger partial charge in [0, 0.05) is 10.0 Å². The highest BCUT2D eigenvalue weighted by atomic mass is 79.9. The van der Waals surface area contributed by atoms with Crippen molar-refractivity contribution in [3.63, 3.8) is 0 Å². The first-order valence-corrected chi connectivity index (χ1v) is 5.19. The lowest BCUT2D eigenvalue weighted by atomic mass is 9.81. The summed E-state index contributed by atoms with van der Waals surface area (Å²) in [4.78, 5) is 0. The second-order valence-electron chi connectivity index (χ2n) is 3.42. The smallest absolute Gasteiger partial charge is 0.129 e. The molecule has 0 aliphatic heterocycles. The van der Waals surface area contributed by atoms with Gasteiger partial charge >= 0.3 is 0 Å². The SMILES string of the molecule is CCC(C)(C#N)c1ccc(Br)cc1F. The highest BCUT2D eigenvalue weighted by molar-refractivity contribution is 9.10. The van der Waals surface area contributed by atoms with Crippen molar-refractivity contribution in [3.8, 4) is 6.07 Å². The zero-order valence-electron chi connectivity index (χ0n) is 8.14. The fourth-order valence-electron chi connectivity index (χ4n) is 1.27. The number of rotatable bonds is 2. The average molecular weight is 256 g/mol. The number of benzene rings is 1. The Morgan fingerprint density at radius 3 is 2.64 bits per heavy atom. The molecule has 0 N–H and O–H groups in total. The molecule has 1 nitrogen and oxygen atoms in total. The zero-order valence-corrected chi connectivity index (χ0v) is 9.73. The average Bonchev–Trinajstić information content (AvgIpc) is 2.17. The van der Waals surface area contributed by atoms with Crippen molar-refractivity contribution in [2.75, 3.05) is 0 Å². The van der Waals surface area contributed by atoms with Crippen LogP contribution in [-0.4, -0.2) is 0 Å². The van der Waals surface area contributed by atoms with Gasteiger partial charge < -0.3 is 0 Å². The second kappa shape index (κ2) is 4.10. The van der Waals surface area contributed by atoms with Crippen LogP contribution < -0.4 is 0 Å². The van der Waals surface area contributed by atoms with Crippen molar-refractivity contribution in [1.82, 2.24) is 0 Å². The summed E-state index contributed by atoms with van der Waals surface area (Å²) in [6, 6.07) is 6.95. The van der Waals surface area contributed by atoms with Gasteiger partial charge in [0.2, 0.25) is 0 Å². The van der Waals surface area contributed by atoms with Crippen molar-refractivity contribution in [2.45, 2.75) is 25.7 Å². The topological polar surface area (TPSA) is 23.8 Å². The lowest BCUT2D eigenvalue weighted by Crippen LogP contribution is -2.19. The molecule has 1 rings (SSSR count). The van der Waals surface area contributed by atoms with Crippen LogP contribution in [0.4, 0.5) is 4.39 Å². The van der Waals surface area contributed by atoms with E-state index in [0.717, 1.165) is 0 Å². The van der Waals surface area contributed by atoms with E-state index in [2.05, 4.69) is 22.0 Å². The molecule has 0 heterocycles. The predicted molar refractivity (Wildman–Crippen MR) is 57.4 cm³/mol. The van der Waals surface area contributed by atoms with Gasteiger partial charge in [-0.3, -0.25) is 0 Å². The first kappa shape index (κ1) is 11.2. The van der Waals surface area contributed by atoms with E-state index in [4.69, 9.17) is 5.26 Å². The van der Waals surface area contributed by atoms with E-state index < -0.39 is 5.41 Å². The van der Waals surface area contributed by atoms with Gasteiger partial charge in [0.1, 0.15) is 5.82 Å². The molecule has 0 saturated heterocycles. The Morgan fingerprint density at radius 2 is 2.21 bits per heavy atom. The minimum absolute atomic E-state index is 0.328. The minimum atomic E-state index is -0.731. The summed E-state index contributed by atoms with van der Waals surface area (Å²) in [5, 5.41) is 9.00. The van der Waals surface area contributed by atoms with E-state index in [1.54, 1.807) is 19.1 Å². The number of nitrogens with zero attached hydrogens (tertiary/aromatic N) is 1. The van der Waals surface area contributed by atoms with E-state index >= 15 is 0 Å². The molecule has 1 unspecified atom stereocenters. The van der Waals surface area contributed by atoms with E-state index in [0.29, 0.717) is 16.5 Å². The van der Waals surface area contributed by atoms with E-state index in [1.165, 1.54) is 6.07 Å².